The number of fused-ring (bicyclic) bond motifs is 1. The van der Waals surface area contributed by atoms with Crippen LogP contribution < -0.4 is 5.32 Å². The summed E-state index contributed by atoms with van der Waals surface area (Å²) in [7, 11) is 0. The number of thiophene rings is 2. The first-order chi connectivity index (χ1) is 8.88. The average Bonchev–Trinajstić information content (AvgIpc) is 3.04. The first kappa shape index (κ1) is 12.4. The zero-order chi connectivity index (χ0) is 12.4. The molecule has 0 radical (unpaired) electrons. The zero-order valence-electron chi connectivity index (χ0n) is 10.7. The minimum Gasteiger partial charge on any atom is -0.306 e. The molecule has 1 N–H and O–H groups in total. The van der Waals surface area contributed by atoms with Crippen LogP contribution in [0.2, 0.25) is 0 Å². The summed E-state index contributed by atoms with van der Waals surface area (Å²) in [6.45, 7) is 3.20. The number of rotatable bonds is 4. The SMILES string of the molecule is CCNC(c1ccsc1)c1cc2c(s1)CCCC2. The molecule has 0 saturated heterocycles. The average molecular weight is 277 g/mol. The van der Waals surface area contributed by atoms with E-state index in [-0.39, 0.29) is 0 Å². The quantitative estimate of drug-likeness (QED) is 0.874. The number of aryl methyl sites for hydroxylation is 2. The third-order valence-electron chi connectivity index (χ3n) is 3.58. The monoisotopic (exact) mass is 277 g/mol. The van der Waals surface area contributed by atoms with Crippen molar-refractivity contribution >= 4 is 22.7 Å². The predicted octanol–water partition coefficient (Wildman–Crippen LogP) is 4.39. The van der Waals surface area contributed by atoms with Crippen LogP contribution in [0.4, 0.5) is 0 Å². The topological polar surface area (TPSA) is 12.0 Å². The van der Waals surface area contributed by atoms with Crippen molar-refractivity contribution in [3.8, 4) is 0 Å². The van der Waals surface area contributed by atoms with Crippen LogP contribution in [0.15, 0.2) is 22.9 Å². The fraction of sp³-hybridized carbons (Fsp3) is 0.467. The van der Waals surface area contributed by atoms with Crippen molar-refractivity contribution in [3.63, 3.8) is 0 Å². The second-order valence-electron chi connectivity index (χ2n) is 4.85. The first-order valence-electron chi connectivity index (χ1n) is 6.75. The second-order valence-corrected chi connectivity index (χ2v) is 6.80. The van der Waals surface area contributed by atoms with Crippen LogP contribution in [-0.4, -0.2) is 6.54 Å². The Labute approximate surface area is 117 Å². The Morgan fingerprint density at radius 1 is 1.33 bits per heavy atom. The third-order valence-corrected chi connectivity index (χ3v) is 5.59. The van der Waals surface area contributed by atoms with Gasteiger partial charge in [-0.1, -0.05) is 6.92 Å². The molecule has 0 spiro atoms. The van der Waals surface area contributed by atoms with Crippen molar-refractivity contribution in [2.75, 3.05) is 6.54 Å². The highest BCUT2D eigenvalue weighted by molar-refractivity contribution is 7.12. The maximum atomic E-state index is 3.63. The molecule has 1 nitrogen and oxygen atoms in total. The largest absolute Gasteiger partial charge is 0.306 e. The minimum atomic E-state index is 0.400. The molecular weight excluding hydrogens is 258 g/mol. The van der Waals surface area contributed by atoms with Gasteiger partial charge in [-0.2, -0.15) is 11.3 Å². The van der Waals surface area contributed by atoms with Crippen LogP contribution in [0.25, 0.3) is 0 Å². The summed E-state index contributed by atoms with van der Waals surface area (Å²) in [6, 6.07) is 5.10. The first-order valence-corrected chi connectivity index (χ1v) is 8.51. The summed E-state index contributed by atoms with van der Waals surface area (Å²) in [5.41, 5.74) is 3.03. The van der Waals surface area contributed by atoms with Gasteiger partial charge in [-0.05, 0) is 66.2 Å². The normalized spacial score (nSPS) is 16.5. The van der Waals surface area contributed by atoms with E-state index in [1.54, 1.807) is 21.8 Å². The summed E-state index contributed by atoms with van der Waals surface area (Å²) in [6.07, 6.45) is 5.32. The summed E-state index contributed by atoms with van der Waals surface area (Å²) < 4.78 is 0. The van der Waals surface area contributed by atoms with E-state index in [0.29, 0.717) is 6.04 Å². The Balaban J connectivity index is 1.92. The maximum Gasteiger partial charge on any atom is 0.0679 e. The Hall–Kier alpha value is -0.640. The van der Waals surface area contributed by atoms with Gasteiger partial charge in [0.2, 0.25) is 0 Å². The van der Waals surface area contributed by atoms with Crippen molar-refractivity contribution < 1.29 is 0 Å². The van der Waals surface area contributed by atoms with Gasteiger partial charge in [-0.25, -0.2) is 0 Å². The van der Waals surface area contributed by atoms with Crippen molar-refractivity contribution in [1.29, 1.82) is 0 Å². The van der Waals surface area contributed by atoms with Gasteiger partial charge in [-0.15, -0.1) is 11.3 Å². The van der Waals surface area contributed by atoms with Gasteiger partial charge < -0.3 is 5.32 Å². The number of hydrogen-bond acceptors (Lipinski definition) is 3. The van der Waals surface area contributed by atoms with Gasteiger partial charge in [-0.3, -0.25) is 0 Å². The molecule has 0 aliphatic heterocycles. The van der Waals surface area contributed by atoms with Gasteiger partial charge in [0.05, 0.1) is 6.04 Å². The van der Waals surface area contributed by atoms with Crippen molar-refractivity contribution in [1.82, 2.24) is 5.32 Å². The standard InChI is InChI=1S/C15H19NS2/c1-2-16-15(12-7-8-17-10-12)14-9-11-5-3-4-6-13(11)18-14/h7-10,15-16H,2-6H2,1H3. The van der Waals surface area contributed by atoms with Crippen LogP contribution in [0.5, 0.6) is 0 Å². The number of hydrogen-bond donors (Lipinski definition) is 1. The molecular formula is C15H19NS2. The van der Waals surface area contributed by atoms with E-state index in [9.17, 15) is 0 Å². The molecule has 2 aromatic rings. The highest BCUT2D eigenvalue weighted by Gasteiger charge is 2.20. The molecule has 96 valence electrons. The van der Waals surface area contributed by atoms with Crippen molar-refractivity contribution in [2.45, 2.75) is 38.6 Å². The smallest absolute Gasteiger partial charge is 0.0679 e. The van der Waals surface area contributed by atoms with Gasteiger partial charge in [0.25, 0.3) is 0 Å². The van der Waals surface area contributed by atoms with Gasteiger partial charge in [0.15, 0.2) is 0 Å². The Morgan fingerprint density at radius 3 is 2.94 bits per heavy atom. The third kappa shape index (κ3) is 2.40. The summed E-state index contributed by atoms with van der Waals surface area (Å²) in [5, 5.41) is 8.07. The second kappa shape index (κ2) is 5.55. The molecule has 1 unspecified atom stereocenters. The molecule has 2 aromatic heterocycles. The van der Waals surface area contributed by atoms with Crippen LogP contribution in [0, 0.1) is 0 Å². The zero-order valence-corrected chi connectivity index (χ0v) is 12.4. The molecule has 18 heavy (non-hydrogen) atoms. The maximum absolute atomic E-state index is 3.63. The van der Waals surface area contributed by atoms with Gasteiger partial charge in [0.1, 0.15) is 0 Å². The van der Waals surface area contributed by atoms with Gasteiger partial charge in [0, 0.05) is 9.75 Å². The highest BCUT2D eigenvalue weighted by Crippen LogP contribution is 2.35. The van der Waals surface area contributed by atoms with Crippen molar-refractivity contribution in [2.24, 2.45) is 0 Å². The Morgan fingerprint density at radius 2 is 2.22 bits per heavy atom. The van der Waals surface area contributed by atoms with E-state index < -0.39 is 0 Å². The lowest BCUT2D eigenvalue weighted by Gasteiger charge is -2.14. The fourth-order valence-corrected chi connectivity index (χ4v) is 4.73. The van der Waals surface area contributed by atoms with Gasteiger partial charge >= 0.3 is 0 Å². The van der Waals surface area contributed by atoms with Crippen LogP contribution in [-0.2, 0) is 12.8 Å². The molecule has 3 heteroatoms. The van der Waals surface area contributed by atoms with E-state index in [2.05, 4.69) is 35.1 Å². The summed E-state index contributed by atoms with van der Waals surface area (Å²) >= 11 is 3.81. The Kier molecular flexibility index (Phi) is 3.83. The molecule has 1 aliphatic carbocycles. The molecule has 1 aliphatic rings. The van der Waals surface area contributed by atoms with E-state index in [0.717, 1.165) is 6.54 Å². The van der Waals surface area contributed by atoms with E-state index in [1.165, 1.54) is 36.1 Å². The van der Waals surface area contributed by atoms with Crippen LogP contribution in [0.1, 0.15) is 46.7 Å². The number of nitrogens with one attached hydrogen (secondary N) is 1. The summed E-state index contributed by atoms with van der Waals surface area (Å²) in [4.78, 5) is 3.14. The minimum absolute atomic E-state index is 0.400. The molecule has 1 atom stereocenters. The molecule has 0 saturated carbocycles. The van der Waals surface area contributed by atoms with Crippen molar-refractivity contribution in [3.05, 3.63) is 43.8 Å². The van der Waals surface area contributed by atoms with E-state index in [4.69, 9.17) is 0 Å². The predicted molar refractivity (Wildman–Crippen MR) is 80.8 cm³/mol. The van der Waals surface area contributed by atoms with E-state index in [1.807, 2.05) is 11.3 Å². The van der Waals surface area contributed by atoms with E-state index >= 15 is 0 Å². The molecule has 0 amide bonds. The molecule has 3 rings (SSSR count). The lowest BCUT2D eigenvalue weighted by Crippen LogP contribution is -2.20. The molecule has 2 heterocycles. The fourth-order valence-electron chi connectivity index (χ4n) is 2.68. The summed E-state index contributed by atoms with van der Waals surface area (Å²) in [5.74, 6) is 0. The molecule has 0 aromatic carbocycles. The highest BCUT2D eigenvalue weighted by atomic mass is 32.1. The van der Waals surface area contributed by atoms with Crippen LogP contribution in [0.3, 0.4) is 0 Å². The van der Waals surface area contributed by atoms with Crippen LogP contribution >= 0.6 is 22.7 Å². The molecule has 0 bridgehead atoms. The Bertz CT molecular complexity index is 475. The lowest BCUT2D eigenvalue weighted by atomic mass is 9.98. The molecule has 0 fully saturated rings. The lowest BCUT2D eigenvalue weighted by molar-refractivity contribution is 0.640.